The fourth-order valence-electron chi connectivity index (χ4n) is 4.90. The molecule has 2 aliphatic rings. The van der Waals surface area contributed by atoms with Crippen molar-refractivity contribution in [3.63, 3.8) is 0 Å². The predicted octanol–water partition coefficient (Wildman–Crippen LogP) is 2.63. The largest absolute Gasteiger partial charge is 0.348 e. The van der Waals surface area contributed by atoms with Crippen LogP contribution in [-0.4, -0.2) is 57.8 Å². The van der Waals surface area contributed by atoms with E-state index in [-0.39, 0.29) is 17.5 Å². The molecule has 0 spiro atoms. The molecule has 7 nitrogen and oxygen atoms in total. The summed E-state index contributed by atoms with van der Waals surface area (Å²) in [6.45, 7) is 6.54. The summed E-state index contributed by atoms with van der Waals surface area (Å²) >= 11 is 1.48. The highest BCUT2D eigenvalue weighted by Crippen LogP contribution is 2.24. The summed E-state index contributed by atoms with van der Waals surface area (Å²) in [7, 11) is 0. The Labute approximate surface area is 198 Å². The molecular formula is C25H31N5O2S. The summed E-state index contributed by atoms with van der Waals surface area (Å²) in [5, 5.41) is 5.06. The fourth-order valence-corrected chi connectivity index (χ4v) is 5.64. The van der Waals surface area contributed by atoms with E-state index < -0.39 is 0 Å². The van der Waals surface area contributed by atoms with Crippen LogP contribution >= 0.6 is 11.3 Å². The first-order chi connectivity index (χ1) is 16.0. The van der Waals surface area contributed by atoms with E-state index in [4.69, 9.17) is 0 Å². The standard InChI is InChI=1S/C25H31N5O2S/c1-18(20-7-6-19-4-2-3-5-21(19)14-20)26-23(31)17-29-10-8-28(9-11-29)16-22-15-24(32)30-12-13-33-25(30)27-22/h6-7,12-15,18H,2-5,8-11,16-17H2,1H3,(H,26,31). The van der Waals surface area contributed by atoms with Crippen LogP contribution in [-0.2, 0) is 24.2 Å². The summed E-state index contributed by atoms with van der Waals surface area (Å²) in [6.07, 6.45) is 6.64. The number of thiazole rings is 1. The highest BCUT2D eigenvalue weighted by atomic mass is 32.1. The van der Waals surface area contributed by atoms with Gasteiger partial charge < -0.3 is 5.32 Å². The van der Waals surface area contributed by atoms with Crippen molar-refractivity contribution in [1.82, 2.24) is 24.5 Å². The van der Waals surface area contributed by atoms with Crippen molar-refractivity contribution in [2.75, 3.05) is 32.7 Å². The van der Waals surface area contributed by atoms with Crippen LogP contribution in [0.1, 0.15) is 48.2 Å². The lowest BCUT2D eigenvalue weighted by atomic mass is 9.89. The van der Waals surface area contributed by atoms with E-state index in [0.717, 1.165) is 43.3 Å². The van der Waals surface area contributed by atoms with Crippen molar-refractivity contribution < 1.29 is 4.79 Å². The molecule has 3 heterocycles. The third-order valence-electron chi connectivity index (χ3n) is 6.82. The topological polar surface area (TPSA) is 70.0 Å². The first-order valence-electron chi connectivity index (χ1n) is 11.9. The number of hydrogen-bond acceptors (Lipinski definition) is 6. The third kappa shape index (κ3) is 5.18. The minimum absolute atomic E-state index is 0.0171. The molecule has 1 N–H and O–H groups in total. The zero-order chi connectivity index (χ0) is 22.8. The molecule has 1 unspecified atom stereocenters. The van der Waals surface area contributed by atoms with Gasteiger partial charge >= 0.3 is 0 Å². The average Bonchev–Trinajstić information content (AvgIpc) is 3.29. The van der Waals surface area contributed by atoms with E-state index in [0.29, 0.717) is 13.1 Å². The number of nitrogens with zero attached hydrogens (tertiary/aromatic N) is 4. The normalized spacial score (nSPS) is 18.2. The van der Waals surface area contributed by atoms with Gasteiger partial charge in [-0.1, -0.05) is 18.2 Å². The Bertz CT molecular complexity index is 1190. The number of carbonyl (C=O) groups is 1. The van der Waals surface area contributed by atoms with Gasteiger partial charge in [-0.05, 0) is 49.3 Å². The Hall–Kier alpha value is -2.55. The first kappa shape index (κ1) is 22.3. The van der Waals surface area contributed by atoms with Crippen LogP contribution in [0.15, 0.2) is 40.6 Å². The second-order valence-electron chi connectivity index (χ2n) is 9.22. The molecule has 3 aromatic rings. The number of hydrogen-bond donors (Lipinski definition) is 1. The number of aromatic nitrogens is 2. The lowest BCUT2D eigenvalue weighted by molar-refractivity contribution is -0.123. The molecule has 33 heavy (non-hydrogen) atoms. The number of rotatable bonds is 6. The van der Waals surface area contributed by atoms with Gasteiger partial charge in [0.2, 0.25) is 5.91 Å². The molecule has 1 atom stereocenters. The first-order valence-corrected chi connectivity index (χ1v) is 12.7. The molecule has 1 aliphatic carbocycles. The number of fused-ring (bicyclic) bond motifs is 2. The van der Waals surface area contributed by atoms with Crippen LogP contribution in [0, 0.1) is 0 Å². The summed E-state index contributed by atoms with van der Waals surface area (Å²) in [5.74, 6) is 0.0755. The third-order valence-corrected chi connectivity index (χ3v) is 7.58. The van der Waals surface area contributed by atoms with Crippen LogP contribution in [0.5, 0.6) is 0 Å². The van der Waals surface area contributed by atoms with Crippen molar-refractivity contribution in [2.24, 2.45) is 0 Å². The van der Waals surface area contributed by atoms with Gasteiger partial charge in [-0.3, -0.25) is 23.8 Å². The quantitative estimate of drug-likeness (QED) is 0.606. The number of benzene rings is 1. The highest BCUT2D eigenvalue weighted by molar-refractivity contribution is 7.15. The van der Waals surface area contributed by atoms with Gasteiger partial charge in [0, 0.05) is 50.4 Å². The van der Waals surface area contributed by atoms with E-state index in [2.05, 4.69) is 45.2 Å². The number of amides is 1. The Kier molecular flexibility index (Phi) is 6.57. The Morgan fingerprint density at radius 2 is 1.85 bits per heavy atom. The van der Waals surface area contributed by atoms with Crippen molar-refractivity contribution in [3.05, 3.63) is 68.6 Å². The van der Waals surface area contributed by atoms with Crippen LogP contribution < -0.4 is 10.9 Å². The van der Waals surface area contributed by atoms with Gasteiger partial charge in [0.15, 0.2) is 4.96 Å². The molecule has 1 aromatic carbocycles. The van der Waals surface area contributed by atoms with Gasteiger partial charge in [0.05, 0.1) is 18.3 Å². The SMILES string of the molecule is CC(NC(=O)CN1CCN(Cc2cc(=O)n3ccsc3n2)CC1)c1ccc2c(c1)CCCC2. The van der Waals surface area contributed by atoms with Crippen LogP contribution in [0.3, 0.4) is 0 Å². The van der Waals surface area contributed by atoms with E-state index in [1.54, 1.807) is 16.7 Å². The molecule has 1 saturated heterocycles. The molecular weight excluding hydrogens is 434 g/mol. The molecule has 1 amide bonds. The van der Waals surface area contributed by atoms with Gasteiger partial charge in [-0.2, -0.15) is 0 Å². The minimum Gasteiger partial charge on any atom is -0.348 e. The molecule has 0 saturated carbocycles. The maximum absolute atomic E-state index is 12.7. The van der Waals surface area contributed by atoms with Gasteiger partial charge in [-0.15, -0.1) is 11.3 Å². The summed E-state index contributed by atoms with van der Waals surface area (Å²) in [5.41, 5.74) is 4.90. The lowest BCUT2D eigenvalue weighted by Crippen LogP contribution is -2.49. The molecule has 174 valence electrons. The molecule has 2 aromatic heterocycles. The zero-order valence-electron chi connectivity index (χ0n) is 19.1. The number of carbonyl (C=O) groups excluding carboxylic acids is 1. The van der Waals surface area contributed by atoms with Crippen molar-refractivity contribution in [3.8, 4) is 0 Å². The van der Waals surface area contributed by atoms with Crippen molar-refractivity contribution >= 4 is 22.2 Å². The van der Waals surface area contributed by atoms with Crippen LogP contribution in [0.4, 0.5) is 0 Å². The number of nitrogens with one attached hydrogen (secondary N) is 1. The molecule has 8 heteroatoms. The predicted molar refractivity (Wildman–Crippen MR) is 131 cm³/mol. The van der Waals surface area contributed by atoms with E-state index in [1.807, 2.05) is 5.38 Å². The summed E-state index contributed by atoms with van der Waals surface area (Å²) < 4.78 is 1.58. The van der Waals surface area contributed by atoms with Gasteiger partial charge in [-0.25, -0.2) is 4.98 Å². The second-order valence-corrected chi connectivity index (χ2v) is 10.1. The number of piperazine rings is 1. The Morgan fingerprint density at radius 3 is 2.67 bits per heavy atom. The van der Waals surface area contributed by atoms with Crippen molar-refractivity contribution in [1.29, 1.82) is 0 Å². The summed E-state index contributed by atoms with van der Waals surface area (Å²) in [4.78, 5) is 34.7. The summed E-state index contributed by atoms with van der Waals surface area (Å²) in [6, 6.07) is 8.34. The molecule has 5 rings (SSSR count). The monoisotopic (exact) mass is 465 g/mol. The molecule has 0 bridgehead atoms. The average molecular weight is 466 g/mol. The van der Waals surface area contributed by atoms with E-state index >= 15 is 0 Å². The Morgan fingerprint density at radius 1 is 1.09 bits per heavy atom. The highest BCUT2D eigenvalue weighted by Gasteiger charge is 2.21. The van der Waals surface area contributed by atoms with Gasteiger partial charge in [0.1, 0.15) is 0 Å². The zero-order valence-corrected chi connectivity index (χ0v) is 19.9. The van der Waals surface area contributed by atoms with Crippen molar-refractivity contribution in [2.45, 2.75) is 45.2 Å². The second kappa shape index (κ2) is 9.75. The molecule has 1 aliphatic heterocycles. The van der Waals surface area contributed by atoms with Crippen LogP contribution in [0.2, 0.25) is 0 Å². The van der Waals surface area contributed by atoms with E-state index in [1.165, 1.54) is 47.3 Å². The maximum Gasteiger partial charge on any atom is 0.258 e. The smallest absolute Gasteiger partial charge is 0.258 e. The Balaban J connectivity index is 1.10. The van der Waals surface area contributed by atoms with Gasteiger partial charge in [0.25, 0.3) is 5.56 Å². The fraction of sp³-hybridized carbons (Fsp3) is 0.480. The number of aryl methyl sites for hydroxylation is 2. The lowest BCUT2D eigenvalue weighted by Gasteiger charge is -2.34. The molecule has 1 fully saturated rings. The molecule has 0 radical (unpaired) electrons. The maximum atomic E-state index is 12.7. The minimum atomic E-state index is -0.0281. The van der Waals surface area contributed by atoms with E-state index in [9.17, 15) is 9.59 Å². The van der Waals surface area contributed by atoms with Crippen LogP contribution in [0.25, 0.3) is 4.96 Å².